The van der Waals surface area contributed by atoms with Gasteiger partial charge in [-0.15, -0.1) is 0 Å². The van der Waals surface area contributed by atoms with Crippen LogP contribution in [0.1, 0.15) is 27.0 Å². The Morgan fingerprint density at radius 1 is 1.24 bits per heavy atom. The Morgan fingerprint density at radius 3 is 2.82 bits per heavy atom. The molecule has 0 saturated carbocycles. The molecule has 1 aromatic carbocycles. The third-order valence-corrected chi connectivity index (χ3v) is 4.55. The van der Waals surface area contributed by atoms with Crippen LogP contribution < -0.4 is 0 Å². The summed E-state index contributed by atoms with van der Waals surface area (Å²) in [5.74, 6) is 0.0628. The maximum Gasteiger partial charge on any atom is 0.195 e. The van der Waals surface area contributed by atoms with E-state index < -0.39 is 0 Å². The monoisotopic (exact) mass is 308 g/mol. The van der Waals surface area contributed by atoms with Gasteiger partial charge in [-0.2, -0.15) is 11.3 Å². The lowest BCUT2D eigenvalue weighted by molar-refractivity contribution is 0.103. The highest BCUT2D eigenvalue weighted by Crippen LogP contribution is 2.26. The van der Waals surface area contributed by atoms with Gasteiger partial charge in [-0.3, -0.25) is 4.79 Å². The highest BCUT2D eigenvalue weighted by Gasteiger charge is 2.17. The quantitative estimate of drug-likeness (QED) is 0.789. The number of carbonyl (C=O) groups is 1. The van der Waals surface area contributed by atoms with E-state index in [1.165, 1.54) is 16.9 Å². The average Bonchev–Trinajstić information content (AvgIpc) is 2.95. The Labute approximate surface area is 111 Å². The van der Waals surface area contributed by atoms with Crippen LogP contribution in [0.25, 0.3) is 0 Å². The molecule has 0 unspecified atom stereocenters. The number of carbonyl (C=O) groups excluding carboxylic acids is 1. The number of hydrogen-bond donors (Lipinski definition) is 0. The van der Waals surface area contributed by atoms with Gasteiger partial charge in [-0.05, 0) is 33.1 Å². The van der Waals surface area contributed by atoms with Gasteiger partial charge in [0.25, 0.3) is 0 Å². The topological polar surface area (TPSA) is 26.3 Å². The summed E-state index contributed by atoms with van der Waals surface area (Å²) in [5, 5.41) is 3.79. The molecule has 17 heavy (non-hydrogen) atoms. The van der Waals surface area contributed by atoms with Crippen molar-refractivity contribution in [1.29, 1.82) is 0 Å². The zero-order valence-corrected chi connectivity index (χ0v) is 11.3. The first-order chi connectivity index (χ1) is 8.25. The van der Waals surface area contributed by atoms with Crippen LogP contribution in [0.15, 0.2) is 33.4 Å². The fourth-order valence-electron chi connectivity index (χ4n) is 1.91. The molecule has 2 aromatic rings. The van der Waals surface area contributed by atoms with Gasteiger partial charge >= 0.3 is 0 Å². The first-order valence-electron chi connectivity index (χ1n) is 5.21. The summed E-state index contributed by atoms with van der Waals surface area (Å²) < 4.78 is 6.21. The van der Waals surface area contributed by atoms with E-state index in [1.54, 1.807) is 0 Å². The molecule has 0 N–H and O–H groups in total. The van der Waals surface area contributed by atoms with Crippen LogP contribution in [0.5, 0.6) is 0 Å². The van der Waals surface area contributed by atoms with E-state index >= 15 is 0 Å². The van der Waals surface area contributed by atoms with Gasteiger partial charge in [0.2, 0.25) is 0 Å². The second-order valence-electron chi connectivity index (χ2n) is 3.94. The number of ketones is 1. The number of benzene rings is 1. The third kappa shape index (κ3) is 1.97. The molecule has 86 valence electrons. The smallest absolute Gasteiger partial charge is 0.195 e. The van der Waals surface area contributed by atoms with Crippen molar-refractivity contribution in [2.75, 3.05) is 0 Å². The van der Waals surface area contributed by atoms with E-state index in [0.29, 0.717) is 13.2 Å². The van der Waals surface area contributed by atoms with E-state index in [9.17, 15) is 4.79 Å². The summed E-state index contributed by atoms with van der Waals surface area (Å²) >= 11 is 4.91. The summed E-state index contributed by atoms with van der Waals surface area (Å²) in [6.07, 6.45) is 0. The van der Waals surface area contributed by atoms with Crippen LogP contribution in [0, 0.1) is 0 Å². The van der Waals surface area contributed by atoms with Crippen LogP contribution in [0.4, 0.5) is 0 Å². The lowest BCUT2D eigenvalue weighted by atomic mass is 10.0. The van der Waals surface area contributed by atoms with E-state index in [2.05, 4.69) is 15.9 Å². The summed E-state index contributed by atoms with van der Waals surface area (Å²) in [6, 6.07) is 5.80. The van der Waals surface area contributed by atoms with Crippen molar-refractivity contribution in [1.82, 2.24) is 0 Å². The number of thiophene rings is 1. The fraction of sp³-hybridized carbons (Fsp3) is 0.154. The minimum Gasteiger partial charge on any atom is -0.372 e. The third-order valence-electron chi connectivity index (χ3n) is 2.84. The van der Waals surface area contributed by atoms with Gasteiger partial charge in [0.15, 0.2) is 5.78 Å². The Bertz CT molecular complexity index is 589. The lowest BCUT2D eigenvalue weighted by Crippen LogP contribution is -2.01. The Balaban J connectivity index is 2.00. The largest absolute Gasteiger partial charge is 0.372 e. The van der Waals surface area contributed by atoms with Crippen LogP contribution in [-0.4, -0.2) is 5.78 Å². The van der Waals surface area contributed by atoms with Gasteiger partial charge in [0, 0.05) is 26.4 Å². The predicted octanol–water partition coefficient (Wildman–Crippen LogP) is 3.77. The van der Waals surface area contributed by atoms with Crippen LogP contribution in [-0.2, 0) is 18.0 Å². The second-order valence-corrected chi connectivity index (χ2v) is 5.54. The molecule has 2 nitrogen and oxygen atoms in total. The molecule has 1 aliphatic heterocycles. The molecule has 3 rings (SSSR count). The van der Waals surface area contributed by atoms with Crippen LogP contribution in [0.3, 0.4) is 0 Å². The Kier molecular flexibility index (Phi) is 2.86. The predicted molar refractivity (Wildman–Crippen MR) is 70.4 cm³/mol. The number of fused-ring (bicyclic) bond motifs is 1. The zero-order chi connectivity index (χ0) is 11.8. The SMILES string of the molecule is O=C(c1ccc2c(c1)COC2)c1cscc1Br. The molecule has 0 aliphatic carbocycles. The summed E-state index contributed by atoms with van der Waals surface area (Å²) in [5.41, 5.74) is 3.77. The molecular weight excluding hydrogens is 300 g/mol. The van der Waals surface area contributed by atoms with Crippen LogP contribution in [0.2, 0.25) is 0 Å². The van der Waals surface area contributed by atoms with Crippen molar-refractivity contribution in [3.05, 3.63) is 55.7 Å². The molecule has 4 heteroatoms. The molecule has 0 spiro atoms. The maximum atomic E-state index is 12.3. The summed E-state index contributed by atoms with van der Waals surface area (Å²) in [6.45, 7) is 1.27. The number of hydrogen-bond acceptors (Lipinski definition) is 3. The first kappa shape index (κ1) is 11.1. The van der Waals surface area contributed by atoms with E-state index in [-0.39, 0.29) is 5.78 Å². The number of halogens is 1. The molecule has 0 radical (unpaired) electrons. The molecule has 0 bridgehead atoms. The summed E-state index contributed by atoms with van der Waals surface area (Å²) in [4.78, 5) is 12.3. The van der Waals surface area contributed by atoms with Crippen molar-refractivity contribution in [2.45, 2.75) is 13.2 Å². The fourth-order valence-corrected chi connectivity index (χ4v) is 3.37. The van der Waals surface area contributed by atoms with Crippen LogP contribution >= 0.6 is 27.3 Å². The van der Waals surface area contributed by atoms with E-state index in [1.807, 2.05) is 29.0 Å². The van der Waals surface area contributed by atoms with Gasteiger partial charge in [0.1, 0.15) is 0 Å². The minimum atomic E-state index is 0.0628. The lowest BCUT2D eigenvalue weighted by Gasteiger charge is -2.02. The van der Waals surface area contributed by atoms with Crippen molar-refractivity contribution in [3.8, 4) is 0 Å². The molecule has 2 heterocycles. The molecule has 0 saturated heterocycles. The number of rotatable bonds is 2. The Morgan fingerprint density at radius 2 is 2.06 bits per heavy atom. The van der Waals surface area contributed by atoms with Gasteiger partial charge in [0.05, 0.1) is 13.2 Å². The van der Waals surface area contributed by atoms with Gasteiger partial charge < -0.3 is 4.74 Å². The molecule has 1 aromatic heterocycles. The van der Waals surface area contributed by atoms with Gasteiger partial charge in [-0.1, -0.05) is 12.1 Å². The molecule has 1 aliphatic rings. The average molecular weight is 309 g/mol. The van der Waals surface area contributed by atoms with Crippen molar-refractivity contribution < 1.29 is 9.53 Å². The van der Waals surface area contributed by atoms with Crippen molar-refractivity contribution in [3.63, 3.8) is 0 Å². The highest BCUT2D eigenvalue weighted by atomic mass is 79.9. The van der Waals surface area contributed by atoms with Crippen molar-refractivity contribution >= 4 is 33.0 Å². The van der Waals surface area contributed by atoms with E-state index in [4.69, 9.17) is 4.74 Å². The minimum absolute atomic E-state index is 0.0628. The number of ether oxygens (including phenoxy) is 1. The van der Waals surface area contributed by atoms with Crippen molar-refractivity contribution in [2.24, 2.45) is 0 Å². The molecule has 0 amide bonds. The Hall–Kier alpha value is -0.970. The zero-order valence-electron chi connectivity index (χ0n) is 8.90. The second kappa shape index (κ2) is 4.37. The highest BCUT2D eigenvalue weighted by molar-refractivity contribution is 9.10. The van der Waals surface area contributed by atoms with E-state index in [0.717, 1.165) is 21.2 Å². The standard InChI is InChI=1S/C13H9BrO2S/c14-12-7-17-6-11(12)13(15)8-1-2-9-4-16-5-10(9)3-8/h1-3,6-7H,4-5H2. The first-order valence-corrected chi connectivity index (χ1v) is 6.95. The molecule has 0 atom stereocenters. The summed E-state index contributed by atoms with van der Waals surface area (Å²) in [7, 11) is 0. The molecule has 0 fully saturated rings. The molecular formula is C13H9BrO2S. The maximum absolute atomic E-state index is 12.3. The van der Waals surface area contributed by atoms with Gasteiger partial charge in [-0.25, -0.2) is 0 Å². The normalized spacial score (nSPS) is 13.7.